The average molecular weight is 224 g/mol. The fraction of sp³-hybridized carbons (Fsp3) is 0.750. The average Bonchev–Trinajstić information content (AvgIpc) is 2.86. The summed E-state index contributed by atoms with van der Waals surface area (Å²) in [5, 5.41) is 4.88. The summed E-state index contributed by atoms with van der Waals surface area (Å²) >= 11 is 1.85. The van der Waals surface area contributed by atoms with E-state index in [1.54, 1.807) is 0 Å². The van der Waals surface area contributed by atoms with Crippen LogP contribution < -0.4 is 5.32 Å². The van der Waals surface area contributed by atoms with Crippen molar-refractivity contribution in [1.29, 1.82) is 0 Å². The molecule has 1 fully saturated rings. The van der Waals surface area contributed by atoms with Crippen LogP contribution in [-0.4, -0.2) is 11.0 Å². The Morgan fingerprint density at radius 1 is 1.47 bits per heavy atom. The maximum Gasteiger partial charge on any atom is 0.0953 e. The van der Waals surface area contributed by atoms with Crippen molar-refractivity contribution in [3.05, 3.63) is 16.1 Å². The second-order valence-electron chi connectivity index (χ2n) is 4.68. The summed E-state index contributed by atoms with van der Waals surface area (Å²) in [6, 6.07) is 0.759. The molecule has 2 rings (SSSR count). The van der Waals surface area contributed by atoms with Gasteiger partial charge in [0.25, 0.3) is 0 Å². The Morgan fingerprint density at radius 2 is 2.20 bits per heavy atom. The molecule has 1 aromatic rings. The van der Waals surface area contributed by atoms with E-state index in [-0.39, 0.29) is 0 Å². The van der Waals surface area contributed by atoms with Crippen LogP contribution >= 0.6 is 11.3 Å². The zero-order valence-electron chi connectivity index (χ0n) is 9.62. The van der Waals surface area contributed by atoms with Crippen molar-refractivity contribution in [3.8, 4) is 0 Å². The molecule has 15 heavy (non-hydrogen) atoms. The van der Waals surface area contributed by atoms with Crippen LogP contribution in [0.5, 0.6) is 0 Å². The van der Waals surface area contributed by atoms with Gasteiger partial charge in [-0.2, -0.15) is 0 Å². The van der Waals surface area contributed by atoms with Gasteiger partial charge in [0.1, 0.15) is 0 Å². The summed E-state index contributed by atoms with van der Waals surface area (Å²) < 4.78 is 0. The van der Waals surface area contributed by atoms with E-state index in [9.17, 15) is 0 Å². The highest BCUT2D eigenvalue weighted by Gasteiger charge is 2.14. The topological polar surface area (TPSA) is 24.9 Å². The van der Waals surface area contributed by atoms with Crippen molar-refractivity contribution in [3.63, 3.8) is 0 Å². The van der Waals surface area contributed by atoms with Crippen LogP contribution in [0.25, 0.3) is 0 Å². The summed E-state index contributed by atoms with van der Waals surface area (Å²) in [5.74, 6) is 0.565. The number of thiazole rings is 1. The Labute approximate surface area is 96.1 Å². The van der Waals surface area contributed by atoms with E-state index in [0.717, 1.165) is 12.6 Å². The SMILES string of the molecule is CC(C)c1ncc(CNC2CCCC2)s1. The predicted octanol–water partition coefficient (Wildman–Crippen LogP) is 3.30. The van der Waals surface area contributed by atoms with Gasteiger partial charge in [-0.25, -0.2) is 4.98 Å². The molecule has 1 aliphatic rings. The van der Waals surface area contributed by atoms with Crippen LogP contribution in [0.1, 0.15) is 55.3 Å². The summed E-state index contributed by atoms with van der Waals surface area (Å²) in [6.07, 6.45) is 7.54. The van der Waals surface area contributed by atoms with Crippen LogP contribution in [0.2, 0.25) is 0 Å². The molecule has 1 saturated carbocycles. The second-order valence-corrected chi connectivity index (χ2v) is 5.83. The maximum absolute atomic E-state index is 4.44. The molecule has 0 radical (unpaired) electrons. The van der Waals surface area contributed by atoms with Crippen molar-refractivity contribution in [2.45, 2.75) is 58.0 Å². The molecule has 0 bridgehead atoms. The first-order valence-corrected chi connectivity index (χ1v) is 6.75. The zero-order chi connectivity index (χ0) is 10.7. The summed E-state index contributed by atoms with van der Waals surface area (Å²) in [5.41, 5.74) is 0. The number of hydrogen-bond donors (Lipinski definition) is 1. The molecule has 1 aromatic heterocycles. The first-order chi connectivity index (χ1) is 7.25. The van der Waals surface area contributed by atoms with E-state index in [1.165, 1.54) is 35.6 Å². The van der Waals surface area contributed by atoms with E-state index < -0.39 is 0 Å². The molecule has 0 unspecified atom stereocenters. The minimum absolute atomic E-state index is 0.565. The van der Waals surface area contributed by atoms with Gasteiger partial charge in [0.15, 0.2) is 0 Å². The number of rotatable bonds is 4. The van der Waals surface area contributed by atoms with Crippen molar-refractivity contribution >= 4 is 11.3 Å². The molecular formula is C12H20N2S. The molecule has 0 aliphatic heterocycles. The van der Waals surface area contributed by atoms with Gasteiger partial charge in [-0.15, -0.1) is 11.3 Å². The largest absolute Gasteiger partial charge is 0.309 e. The molecule has 0 amide bonds. The molecule has 84 valence electrons. The Balaban J connectivity index is 1.82. The summed E-state index contributed by atoms with van der Waals surface area (Å²) in [6.45, 7) is 5.41. The lowest BCUT2D eigenvalue weighted by molar-refractivity contribution is 0.527. The van der Waals surface area contributed by atoms with Gasteiger partial charge in [0, 0.05) is 29.6 Å². The quantitative estimate of drug-likeness (QED) is 0.849. The number of hydrogen-bond acceptors (Lipinski definition) is 3. The molecule has 1 aliphatic carbocycles. The highest BCUT2D eigenvalue weighted by atomic mass is 32.1. The highest BCUT2D eigenvalue weighted by Crippen LogP contribution is 2.22. The Morgan fingerprint density at radius 3 is 2.80 bits per heavy atom. The molecule has 2 nitrogen and oxygen atoms in total. The van der Waals surface area contributed by atoms with Gasteiger partial charge in [-0.1, -0.05) is 26.7 Å². The Hall–Kier alpha value is -0.410. The Kier molecular flexibility index (Phi) is 3.76. The van der Waals surface area contributed by atoms with Crippen molar-refractivity contribution in [1.82, 2.24) is 10.3 Å². The monoisotopic (exact) mass is 224 g/mol. The van der Waals surface area contributed by atoms with Crippen LogP contribution in [0.15, 0.2) is 6.20 Å². The first-order valence-electron chi connectivity index (χ1n) is 5.93. The molecule has 0 atom stereocenters. The van der Waals surface area contributed by atoms with Gasteiger partial charge in [0.05, 0.1) is 5.01 Å². The molecule has 3 heteroatoms. The van der Waals surface area contributed by atoms with E-state index in [1.807, 2.05) is 17.5 Å². The molecule has 0 spiro atoms. The fourth-order valence-electron chi connectivity index (χ4n) is 2.05. The van der Waals surface area contributed by atoms with Gasteiger partial charge >= 0.3 is 0 Å². The lowest BCUT2D eigenvalue weighted by Gasteiger charge is -2.09. The Bertz CT molecular complexity index is 300. The smallest absolute Gasteiger partial charge is 0.0953 e. The minimum Gasteiger partial charge on any atom is -0.309 e. The van der Waals surface area contributed by atoms with Crippen LogP contribution in [-0.2, 0) is 6.54 Å². The van der Waals surface area contributed by atoms with E-state index >= 15 is 0 Å². The van der Waals surface area contributed by atoms with Crippen molar-refractivity contribution < 1.29 is 0 Å². The molecule has 1 heterocycles. The van der Waals surface area contributed by atoms with Crippen LogP contribution in [0.4, 0.5) is 0 Å². The number of aromatic nitrogens is 1. The zero-order valence-corrected chi connectivity index (χ0v) is 10.4. The molecule has 0 aromatic carbocycles. The highest BCUT2D eigenvalue weighted by molar-refractivity contribution is 7.11. The standard InChI is InChI=1S/C12H20N2S/c1-9(2)12-14-8-11(15-12)7-13-10-5-3-4-6-10/h8-10,13H,3-7H2,1-2H3. The maximum atomic E-state index is 4.44. The summed E-state index contributed by atoms with van der Waals surface area (Å²) in [4.78, 5) is 5.82. The molecular weight excluding hydrogens is 204 g/mol. The third-order valence-corrected chi connectivity index (χ3v) is 4.28. The number of nitrogens with zero attached hydrogens (tertiary/aromatic N) is 1. The van der Waals surface area contributed by atoms with Crippen molar-refractivity contribution in [2.24, 2.45) is 0 Å². The third kappa shape index (κ3) is 3.02. The summed E-state index contributed by atoms with van der Waals surface area (Å²) in [7, 11) is 0. The predicted molar refractivity (Wildman–Crippen MR) is 65.3 cm³/mol. The molecule has 1 N–H and O–H groups in total. The van der Waals surface area contributed by atoms with Crippen molar-refractivity contribution in [2.75, 3.05) is 0 Å². The lowest BCUT2D eigenvalue weighted by atomic mass is 10.2. The number of nitrogens with one attached hydrogen (secondary N) is 1. The van der Waals surface area contributed by atoms with E-state index in [2.05, 4.69) is 24.1 Å². The first kappa shape index (κ1) is 11.1. The fourth-order valence-corrected chi connectivity index (χ4v) is 2.92. The second kappa shape index (κ2) is 5.08. The normalized spacial score (nSPS) is 17.8. The van der Waals surface area contributed by atoms with Gasteiger partial charge < -0.3 is 5.32 Å². The van der Waals surface area contributed by atoms with Gasteiger partial charge in [0.2, 0.25) is 0 Å². The van der Waals surface area contributed by atoms with Gasteiger partial charge in [-0.05, 0) is 12.8 Å². The molecule has 0 saturated heterocycles. The van der Waals surface area contributed by atoms with Crippen LogP contribution in [0, 0.1) is 0 Å². The minimum atomic E-state index is 0.565. The van der Waals surface area contributed by atoms with Gasteiger partial charge in [-0.3, -0.25) is 0 Å². The van der Waals surface area contributed by atoms with E-state index in [4.69, 9.17) is 0 Å². The lowest BCUT2D eigenvalue weighted by Crippen LogP contribution is -2.24. The van der Waals surface area contributed by atoms with Crippen LogP contribution in [0.3, 0.4) is 0 Å². The third-order valence-electron chi connectivity index (χ3n) is 2.99. The van der Waals surface area contributed by atoms with E-state index in [0.29, 0.717) is 5.92 Å².